The lowest BCUT2D eigenvalue weighted by atomic mass is 10.1. The van der Waals surface area contributed by atoms with Gasteiger partial charge in [0.2, 0.25) is 0 Å². The Labute approximate surface area is 151 Å². The van der Waals surface area contributed by atoms with E-state index in [9.17, 15) is 9.90 Å². The Morgan fingerprint density at radius 2 is 1.81 bits per heavy atom. The summed E-state index contributed by atoms with van der Waals surface area (Å²) < 4.78 is 11.2. The van der Waals surface area contributed by atoms with E-state index in [4.69, 9.17) is 9.15 Å². The van der Waals surface area contributed by atoms with Crippen molar-refractivity contribution in [1.29, 1.82) is 0 Å². The number of ether oxygens (including phenoxy) is 1. The van der Waals surface area contributed by atoms with Gasteiger partial charge in [-0.05, 0) is 42.3 Å². The van der Waals surface area contributed by atoms with Crippen molar-refractivity contribution in [1.82, 2.24) is 0 Å². The molecule has 0 aliphatic heterocycles. The minimum absolute atomic E-state index is 0.118. The van der Waals surface area contributed by atoms with E-state index in [1.807, 2.05) is 62.4 Å². The number of carboxylic acids is 1. The number of carbonyl (C=O) groups is 1. The van der Waals surface area contributed by atoms with Gasteiger partial charge in [-0.1, -0.05) is 26.0 Å². The molecule has 1 unspecified atom stereocenters. The first-order valence-corrected chi connectivity index (χ1v) is 8.43. The maximum atomic E-state index is 11.6. The zero-order chi connectivity index (χ0) is 18.7. The highest BCUT2D eigenvalue weighted by Crippen LogP contribution is 2.24. The number of hydrogen-bond donors (Lipinski definition) is 1. The topological polar surface area (TPSA) is 72.0 Å². The number of benzene rings is 2. The molecule has 3 aromatic rings. The summed E-state index contributed by atoms with van der Waals surface area (Å²) in [4.78, 5) is 16.1. The van der Waals surface area contributed by atoms with Gasteiger partial charge in [0.05, 0.1) is 12.5 Å². The molecule has 134 valence electrons. The van der Waals surface area contributed by atoms with Crippen LogP contribution in [0.2, 0.25) is 0 Å². The van der Waals surface area contributed by atoms with Gasteiger partial charge in [-0.25, -0.2) is 4.79 Å². The van der Waals surface area contributed by atoms with Crippen LogP contribution >= 0.6 is 0 Å². The van der Waals surface area contributed by atoms with Gasteiger partial charge in [0.15, 0.2) is 0 Å². The van der Waals surface area contributed by atoms with E-state index in [1.165, 1.54) is 0 Å². The molecule has 5 heteroatoms. The molecule has 26 heavy (non-hydrogen) atoms. The molecule has 3 rings (SSSR count). The predicted octanol–water partition coefficient (Wildman–Crippen LogP) is 4.12. The van der Waals surface area contributed by atoms with E-state index in [1.54, 1.807) is 13.2 Å². The van der Waals surface area contributed by atoms with E-state index in [0.29, 0.717) is 16.7 Å². The molecule has 0 spiro atoms. The van der Waals surface area contributed by atoms with Crippen molar-refractivity contribution in [3.8, 4) is 17.1 Å². The van der Waals surface area contributed by atoms with Gasteiger partial charge in [-0.2, -0.15) is 0 Å². The van der Waals surface area contributed by atoms with Crippen molar-refractivity contribution in [3.63, 3.8) is 0 Å². The lowest BCUT2D eigenvalue weighted by Crippen LogP contribution is -2.26. The lowest BCUT2D eigenvalue weighted by Gasteiger charge is -2.12. The summed E-state index contributed by atoms with van der Waals surface area (Å²) in [6.45, 7) is 3.70. The SMILES string of the molecule is COc1ccc(-c2cc(=NC(C(=O)O)C(C)C)c3ccccc3o2)cc1. The fourth-order valence-corrected chi connectivity index (χ4v) is 2.76. The molecule has 1 heterocycles. The molecule has 0 aliphatic carbocycles. The molecule has 0 radical (unpaired) electrons. The Kier molecular flexibility index (Phi) is 5.07. The van der Waals surface area contributed by atoms with Crippen LogP contribution in [0.5, 0.6) is 5.75 Å². The summed E-state index contributed by atoms with van der Waals surface area (Å²) >= 11 is 0. The fraction of sp³-hybridized carbons (Fsp3) is 0.238. The largest absolute Gasteiger partial charge is 0.497 e. The van der Waals surface area contributed by atoms with Gasteiger partial charge in [0.1, 0.15) is 23.1 Å². The third-order valence-electron chi connectivity index (χ3n) is 4.19. The Bertz CT molecular complexity index is 987. The fourth-order valence-electron chi connectivity index (χ4n) is 2.76. The number of para-hydroxylation sites is 1. The van der Waals surface area contributed by atoms with Crippen LogP contribution in [-0.4, -0.2) is 24.2 Å². The first kappa shape index (κ1) is 17.7. The summed E-state index contributed by atoms with van der Waals surface area (Å²) in [7, 11) is 1.62. The highest BCUT2D eigenvalue weighted by Gasteiger charge is 2.20. The number of rotatable bonds is 5. The van der Waals surface area contributed by atoms with Crippen LogP contribution in [0.3, 0.4) is 0 Å². The second-order valence-corrected chi connectivity index (χ2v) is 6.38. The van der Waals surface area contributed by atoms with Crippen molar-refractivity contribution >= 4 is 16.9 Å². The summed E-state index contributed by atoms with van der Waals surface area (Å²) in [5, 5.41) is 10.9. The number of fused-ring (bicyclic) bond motifs is 1. The normalized spacial score (nSPS) is 13.2. The highest BCUT2D eigenvalue weighted by atomic mass is 16.5. The number of aliphatic carboxylic acids is 1. The second kappa shape index (κ2) is 7.44. The molecular formula is C21H21NO4. The summed E-state index contributed by atoms with van der Waals surface area (Å²) in [5.74, 6) is 0.326. The zero-order valence-electron chi connectivity index (χ0n) is 15.0. The Hall–Kier alpha value is -3.08. The van der Waals surface area contributed by atoms with Gasteiger partial charge in [0, 0.05) is 17.0 Å². The van der Waals surface area contributed by atoms with Gasteiger partial charge < -0.3 is 14.3 Å². The van der Waals surface area contributed by atoms with Crippen molar-refractivity contribution in [2.75, 3.05) is 7.11 Å². The maximum Gasteiger partial charge on any atom is 0.328 e. The second-order valence-electron chi connectivity index (χ2n) is 6.38. The molecular weight excluding hydrogens is 330 g/mol. The quantitative estimate of drug-likeness (QED) is 0.750. The Morgan fingerprint density at radius 1 is 1.12 bits per heavy atom. The maximum absolute atomic E-state index is 11.6. The average Bonchev–Trinajstić information content (AvgIpc) is 2.65. The monoisotopic (exact) mass is 351 g/mol. The number of nitrogens with zero attached hydrogens (tertiary/aromatic N) is 1. The highest BCUT2D eigenvalue weighted by molar-refractivity contribution is 5.79. The zero-order valence-corrected chi connectivity index (χ0v) is 15.0. The van der Waals surface area contributed by atoms with Crippen molar-refractivity contribution < 1.29 is 19.1 Å². The van der Waals surface area contributed by atoms with Crippen LogP contribution in [-0.2, 0) is 4.79 Å². The van der Waals surface area contributed by atoms with E-state index in [-0.39, 0.29) is 5.92 Å². The van der Waals surface area contributed by atoms with E-state index in [2.05, 4.69) is 4.99 Å². The minimum atomic E-state index is -0.934. The van der Waals surface area contributed by atoms with Crippen LogP contribution < -0.4 is 10.1 Å². The lowest BCUT2D eigenvalue weighted by molar-refractivity contribution is -0.139. The molecule has 5 nitrogen and oxygen atoms in total. The number of hydrogen-bond acceptors (Lipinski definition) is 4. The molecule has 1 N–H and O–H groups in total. The van der Waals surface area contributed by atoms with Crippen molar-refractivity contribution in [2.24, 2.45) is 10.9 Å². The summed E-state index contributed by atoms with van der Waals surface area (Å²) in [6, 6.07) is 16.0. The van der Waals surface area contributed by atoms with Gasteiger partial charge >= 0.3 is 5.97 Å². The summed E-state index contributed by atoms with van der Waals surface area (Å²) in [5.41, 5.74) is 1.52. The van der Waals surface area contributed by atoms with Crippen LogP contribution in [0.4, 0.5) is 0 Å². The molecule has 1 aromatic heterocycles. The van der Waals surface area contributed by atoms with Gasteiger partial charge in [-0.3, -0.25) is 4.99 Å². The molecule has 2 aromatic carbocycles. The smallest absolute Gasteiger partial charge is 0.328 e. The van der Waals surface area contributed by atoms with E-state index < -0.39 is 12.0 Å². The van der Waals surface area contributed by atoms with Crippen molar-refractivity contribution in [3.05, 3.63) is 60.0 Å². The Balaban J connectivity index is 2.22. The van der Waals surface area contributed by atoms with Gasteiger partial charge in [-0.15, -0.1) is 0 Å². The van der Waals surface area contributed by atoms with Crippen molar-refractivity contribution in [2.45, 2.75) is 19.9 Å². The number of carboxylic acid groups (broad SMARTS) is 1. The van der Waals surface area contributed by atoms with Gasteiger partial charge in [0.25, 0.3) is 0 Å². The molecule has 0 saturated heterocycles. The summed E-state index contributed by atoms with van der Waals surface area (Å²) in [6.07, 6.45) is 0. The molecule has 0 aliphatic rings. The average molecular weight is 351 g/mol. The standard InChI is InChI=1S/C21H21NO4/c1-13(2)20(21(23)24)22-17-12-19(14-8-10-15(25-3)11-9-14)26-18-7-5-4-6-16(17)18/h4-13,20H,1-3H3,(H,23,24). The molecule has 1 atom stereocenters. The molecule has 0 amide bonds. The van der Waals surface area contributed by atoms with Crippen LogP contribution in [0.25, 0.3) is 22.3 Å². The minimum Gasteiger partial charge on any atom is -0.497 e. The van der Waals surface area contributed by atoms with Crippen LogP contribution in [0, 0.1) is 5.92 Å². The third kappa shape index (κ3) is 3.61. The number of methoxy groups -OCH3 is 1. The molecule has 0 saturated carbocycles. The predicted molar refractivity (Wildman–Crippen MR) is 100 cm³/mol. The molecule has 0 fully saturated rings. The first-order chi connectivity index (χ1) is 12.5. The molecule has 0 bridgehead atoms. The first-order valence-electron chi connectivity index (χ1n) is 8.43. The van der Waals surface area contributed by atoms with Crippen LogP contribution in [0.1, 0.15) is 13.8 Å². The van der Waals surface area contributed by atoms with E-state index in [0.717, 1.165) is 16.7 Å². The third-order valence-corrected chi connectivity index (χ3v) is 4.19. The van der Waals surface area contributed by atoms with E-state index >= 15 is 0 Å². The van der Waals surface area contributed by atoms with Crippen LogP contribution in [0.15, 0.2) is 64.0 Å². The Morgan fingerprint density at radius 3 is 2.42 bits per heavy atom.